The van der Waals surface area contributed by atoms with E-state index in [2.05, 4.69) is 0 Å². The van der Waals surface area contributed by atoms with Gasteiger partial charge in [0.15, 0.2) is 0 Å². The summed E-state index contributed by atoms with van der Waals surface area (Å²) in [5, 5.41) is 0.290. The summed E-state index contributed by atoms with van der Waals surface area (Å²) < 4.78 is 52.3. The van der Waals surface area contributed by atoms with E-state index in [1.54, 1.807) is 25.1 Å². The van der Waals surface area contributed by atoms with E-state index in [4.69, 9.17) is 9.15 Å². The summed E-state index contributed by atoms with van der Waals surface area (Å²) in [4.78, 5) is 25.6. The molecular weight excluding hydrogens is 461 g/mol. The number of amides is 1. The second kappa shape index (κ2) is 8.75. The van der Waals surface area contributed by atoms with E-state index in [0.717, 1.165) is 18.2 Å². The summed E-state index contributed by atoms with van der Waals surface area (Å²) >= 11 is 0. The van der Waals surface area contributed by atoms with Crippen LogP contribution in [0.15, 0.2) is 76.0 Å². The molecule has 34 heavy (non-hydrogen) atoms. The van der Waals surface area contributed by atoms with Gasteiger partial charge < -0.3 is 9.15 Å². The number of methoxy groups -OCH3 is 1. The molecule has 4 rings (SSSR count). The second-order valence-electron chi connectivity index (χ2n) is 7.56. The molecule has 3 aromatic carbocycles. The number of fused-ring (bicyclic) bond motifs is 1. The molecular formula is C25H20FNO6S. The molecule has 1 amide bonds. The molecule has 0 bridgehead atoms. The molecule has 0 fully saturated rings. The highest BCUT2D eigenvalue weighted by Crippen LogP contribution is 2.34. The van der Waals surface area contributed by atoms with Crippen molar-refractivity contribution in [3.63, 3.8) is 0 Å². The smallest absolute Gasteiger partial charge is 0.342 e. The molecule has 0 N–H and O–H groups in total. The first-order chi connectivity index (χ1) is 16.1. The zero-order valence-electron chi connectivity index (χ0n) is 18.5. The molecule has 4 aromatic rings. The molecule has 0 saturated carbocycles. The van der Waals surface area contributed by atoms with Crippen molar-refractivity contribution in [3.8, 4) is 0 Å². The Labute approximate surface area is 195 Å². The number of rotatable bonds is 5. The van der Waals surface area contributed by atoms with Crippen molar-refractivity contribution in [2.24, 2.45) is 0 Å². The number of carbonyl (C=O) groups excluding carboxylic acids is 2. The molecule has 9 heteroatoms. The number of carbonyl (C=O) groups is 2. The first kappa shape index (κ1) is 23.2. The van der Waals surface area contributed by atoms with Crippen LogP contribution >= 0.6 is 0 Å². The highest BCUT2D eigenvalue weighted by molar-refractivity contribution is 7.93. The number of hydrogen-bond donors (Lipinski definition) is 0. The molecule has 0 spiro atoms. The zero-order chi connectivity index (χ0) is 24.6. The lowest BCUT2D eigenvalue weighted by atomic mass is 10.1. The minimum atomic E-state index is -4.48. The minimum Gasteiger partial charge on any atom is -0.465 e. The Morgan fingerprint density at radius 3 is 2.32 bits per heavy atom. The lowest BCUT2D eigenvalue weighted by molar-refractivity contribution is 0.0600. The van der Waals surface area contributed by atoms with Gasteiger partial charge >= 0.3 is 5.97 Å². The molecule has 0 saturated heterocycles. The number of halogens is 1. The minimum absolute atomic E-state index is 0.0176. The SMILES string of the molecule is COC(=O)c1c(C)oc2ccc(N(C(=O)c3ccccc3)S(=O)(=O)c3ccc(F)cc3C)cc12. The van der Waals surface area contributed by atoms with Gasteiger partial charge in [-0.25, -0.2) is 17.6 Å². The average molecular weight is 482 g/mol. The number of sulfonamides is 1. The Balaban J connectivity index is 1.98. The highest BCUT2D eigenvalue weighted by atomic mass is 32.2. The molecule has 7 nitrogen and oxygen atoms in total. The van der Waals surface area contributed by atoms with Crippen molar-refractivity contribution < 1.29 is 31.6 Å². The molecule has 174 valence electrons. The standard InChI is InChI=1S/C25H20FNO6S/c1-15-13-18(26)9-12-22(15)34(30,31)27(24(28)17-7-5-4-6-8-17)19-10-11-21-20(14-19)23(16(2)33-21)25(29)32-3/h4-14H,1-3H3. The summed E-state index contributed by atoms with van der Waals surface area (Å²) in [6.07, 6.45) is 0. The Kier molecular flexibility index (Phi) is 5.97. The first-order valence-electron chi connectivity index (χ1n) is 10.2. The molecule has 0 aliphatic carbocycles. The van der Waals surface area contributed by atoms with Crippen LogP contribution in [-0.2, 0) is 14.8 Å². The van der Waals surface area contributed by atoms with E-state index in [1.165, 1.54) is 44.4 Å². The lowest BCUT2D eigenvalue weighted by Gasteiger charge is -2.24. The fourth-order valence-electron chi connectivity index (χ4n) is 3.75. The van der Waals surface area contributed by atoms with Crippen molar-refractivity contribution in [3.05, 3.63) is 95.0 Å². The van der Waals surface area contributed by atoms with E-state index in [-0.39, 0.29) is 33.0 Å². The van der Waals surface area contributed by atoms with E-state index in [9.17, 15) is 22.4 Å². The summed E-state index contributed by atoms with van der Waals surface area (Å²) in [6, 6.07) is 15.4. The average Bonchev–Trinajstić information content (AvgIpc) is 3.13. The van der Waals surface area contributed by atoms with Crippen molar-refractivity contribution in [1.82, 2.24) is 0 Å². The van der Waals surface area contributed by atoms with Crippen LogP contribution in [0.1, 0.15) is 32.0 Å². The topological polar surface area (TPSA) is 93.9 Å². The molecule has 0 radical (unpaired) electrons. The fraction of sp³-hybridized carbons (Fsp3) is 0.120. The Morgan fingerprint density at radius 2 is 1.68 bits per heavy atom. The third-order valence-electron chi connectivity index (χ3n) is 5.33. The number of ether oxygens (including phenoxy) is 1. The van der Waals surface area contributed by atoms with Crippen LogP contribution in [0.2, 0.25) is 0 Å². The normalized spacial score (nSPS) is 11.4. The number of benzene rings is 3. The summed E-state index contributed by atoms with van der Waals surface area (Å²) in [5.41, 5.74) is 0.700. The van der Waals surface area contributed by atoms with Gasteiger partial charge in [0, 0.05) is 10.9 Å². The number of esters is 1. The van der Waals surface area contributed by atoms with Gasteiger partial charge in [-0.2, -0.15) is 4.31 Å². The lowest BCUT2D eigenvalue weighted by Crippen LogP contribution is -2.37. The summed E-state index contributed by atoms with van der Waals surface area (Å²) in [5.74, 6) is -1.79. The fourth-order valence-corrected chi connectivity index (χ4v) is 5.37. The van der Waals surface area contributed by atoms with Crippen molar-refractivity contribution in [1.29, 1.82) is 0 Å². The summed E-state index contributed by atoms with van der Waals surface area (Å²) in [6.45, 7) is 3.02. The monoisotopic (exact) mass is 481 g/mol. The van der Waals surface area contributed by atoms with Crippen LogP contribution < -0.4 is 4.31 Å². The molecule has 0 aliphatic heterocycles. The Hall–Kier alpha value is -3.98. The number of hydrogen-bond acceptors (Lipinski definition) is 6. The van der Waals surface area contributed by atoms with Gasteiger partial charge in [-0.3, -0.25) is 4.79 Å². The van der Waals surface area contributed by atoms with E-state index < -0.39 is 27.7 Å². The van der Waals surface area contributed by atoms with Crippen molar-refractivity contribution in [2.75, 3.05) is 11.4 Å². The van der Waals surface area contributed by atoms with Gasteiger partial charge in [0.25, 0.3) is 15.9 Å². The number of anilines is 1. The molecule has 0 aliphatic rings. The van der Waals surface area contributed by atoms with Crippen LogP contribution in [0.25, 0.3) is 11.0 Å². The van der Waals surface area contributed by atoms with E-state index in [0.29, 0.717) is 15.3 Å². The highest BCUT2D eigenvalue weighted by Gasteiger charge is 2.34. The van der Waals surface area contributed by atoms with E-state index >= 15 is 0 Å². The predicted molar refractivity (Wildman–Crippen MR) is 124 cm³/mol. The Bertz CT molecular complexity index is 1530. The van der Waals surface area contributed by atoms with Crippen LogP contribution in [0, 0.1) is 19.7 Å². The Morgan fingerprint density at radius 1 is 0.971 bits per heavy atom. The van der Waals surface area contributed by atoms with Crippen LogP contribution in [0.5, 0.6) is 0 Å². The maximum Gasteiger partial charge on any atom is 0.342 e. The van der Waals surface area contributed by atoms with Gasteiger partial charge in [-0.05, 0) is 67.9 Å². The molecule has 1 aromatic heterocycles. The third kappa shape index (κ3) is 3.94. The maximum atomic E-state index is 13.8. The third-order valence-corrected chi connectivity index (χ3v) is 7.20. The van der Waals surface area contributed by atoms with Crippen LogP contribution in [0.3, 0.4) is 0 Å². The van der Waals surface area contributed by atoms with Gasteiger partial charge in [0.2, 0.25) is 0 Å². The molecule has 0 atom stereocenters. The quantitative estimate of drug-likeness (QED) is 0.372. The number of furan rings is 1. The van der Waals surface area contributed by atoms with Crippen molar-refractivity contribution in [2.45, 2.75) is 18.7 Å². The van der Waals surface area contributed by atoms with Crippen molar-refractivity contribution >= 4 is 38.6 Å². The van der Waals surface area contributed by atoms with Gasteiger partial charge in [-0.1, -0.05) is 18.2 Å². The first-order valence-corrected chi connectivity index (χ1v) is 11.6. The molecule has 1 heterocycles. The van der Waals surface area contributed by atoms with Gasteiger partial charge in [-0.15, -0.1) is 0 Å². The van der Waals surface area contributed by atoms with Gasteiger partial charge in [0.1, 0.15) is 22.7 Å². The largest absolute Gasteiger partial charge is 0.465 e. The number of aryl methyl sites for hydroxylation is 2. The predicted octanol–water partition coefficient (Wildman–Crippen LogP) is 5.01. The van der Waals surface area contributed by atoms with Crippen LogP contribution in [0.4, 0.5) is 10.1 Å². The zero-order valence-corrected chi connectivity index (χ0v) is 19.4. The second-order valence-corrected chi connectivity index (χ2v) is 9.31. The molecule has 0 unspecified atom stereocenters. The van der Waals surface area contributed by atoms with Crippen LogP contribution in [-0.4, -0.2) is 27.4 Å². The number of nitrogens with zero attached hydrogens (tertiary/aromatic N) is 1. The van der Waals surface area contributed by atoms with E-state index in [1.807, 2.05) is 0 Å². The maximum absolute atomic E-state index is 13.8. The van der Waals surface area contributed by atoms with Gasteiger partial charge in [0.05, 0.1) is 17.7 Å². The summed E-state index contributed by atoms with van der Waals surface area (Å²) in [7, 11) is -3.26.